The van der Waals surface area contributed by atoms with Gasteiger partial charge in [-0.3, -0.25) is 4.79 Å². The summed E-state index contributed by atoms with van der Waals surface area (Å²) >= 11 is 12.9. The maximum Gasteiger partial charge on any atom is 0.191 e. The van der Waals surface area contributed by atoms with E-state index in [-0.39, 0.29) is 5.78 Å². The van der Waals surface area contributed by atoms with Crippen LogP contribution in [-0.2, 0) is 17.6 Å². The Morgan fingerprint density at radius 2 is 1.80 bits per heavy atom. The van der Waals surface area contributed by atoms with Crippen molar-refractivity contribution < 1.29 is 4.79 Å². The van der Waals surface area contributed by atoms with Crippen LogP contribution in [0.2, 0.25) is 10.0 Å². The Morgan fingerprint density at radius 1 is 1.16 bits per heavy atom. The van der Waals surface area contributed by atoms with Crippen molar-refractivity contribution in [3.8, 4) is 11.1 Å². The first-order chi connectivity index (χ1) is 11.8. The highest BCUT2D eigenvalue weighted by Crippen LogP contribution is 2.38. The first-order valence-corrected chi connectivity index (χ1v) is 9.11. The van der Waals surface area contributed by atoms with Crippen LogP contribution in [0.5, 0.6) is 0 Å². The van der Waals surface area contributed by atoms with Gasteiger partial charge in [-0.1, -0.05) is 56.1 Å². The maximum absolute atomic E-state index is 11.6. The summed E-state index contributed by atoms with van der Waals surface area (Å²) < 4.78 is 0. The van der Waals surface area contributed by atoms with Gasteiger partial charge in [0.05, 0.1) is 16.6 Å². The van der Waals surface area contributed by atoms with E-state index >= 15 is 0 Å². The van der Waals surface area contributed by atoms with Crippen molar-refractivity contribution in [2.45, 2.75) is 40.0 Å². The third kappa shape index (κ3) is 4.84. The van der Waals surface area contributed by atoms with Gasteiger partial charge < -0.3 is 0 Å². The van der Waals surface area contributed by atoms with Crippen LogP contribution in [0.15, 0.2) is 30.3 Å². The van der Waals surface area contributed by atoms with Crippen molar-refractivity contribution in [1.82, 2.24) is 0 Å². The molecule has 0 fully saturated rings. The van der Waals surface area contributed by atoms with Crippen LogP contribution in [0.25, 0.3) is 16.0 Å². The van der Waals surface area contributed by atoms with Gasteiger partial charge in [0.15, 0.2) is 5.69 Å². The average Bonchev–Trinajstić information content (AvgIpc) is 2.54. The Hall–Kier alpha value is -1.82. The molecule has 0 atom stereocenters. The first kappa shape index (κ1) is 19.5. The third-order valence-electron chi connectivity index (χ3n) is 4.02. The molecule has 0 heterocycles. The molecule has 0 aromatic heterocycles. The quantitative estimate of drug-likeness (QED) is 0.502. The van der Waals surface area contributed by atoms with Gasteiger partial charge in [0, 0.05) is 18.4 Å². The summed E-state index contributed by atoms with van der Waals surface area (Å²) in [5.41, 5.74) is 4.00. The lowest BCUT2D eigenvalue weighted by molar-refractivity contribution is -0.118. The van der Waals surface area contributed by atoms with Crippen LogP contribution in [0.1, 0.15) is 38.3 Å². The molecule has 0 spiro atoms. The van der Waals surface area contributed by atoms with Crippen LogP contribution in [0.3, 0.4) is 0 Å². The van der Waals surface area contributed by atoms with Crippen molar-refractivity contribution in [1.29, 1.82) is 0 Å². The van der Waals surface area contributed by atoms with E-state index in [1.165, 1.54) is 0 Å². The van der Waals surface area contributed by atoms with Crippen molar-refractivity contribution >= 4 is 34.7 Å². The molecular weight excluding hydrogens is 353 g/mol. The lowest BCUT2D eigenvalue weighted by atomic mass is 9.96. The largest absolute Gasteiger partial charge is 0.299 e. The Labute approximate surface area is 159 Å². The van der Waals surface area contributed by atoms with E-state index in [1.807, 2.05) is 25.1 Å². The molecular formula is C21H21Cl2NO. The number of hydrogen-bond acceptors (Lipinski definition) is 1. The van der Waals surface area contributed by atoms with Gasteiger partial charge in [0.1, 0.15) is 5.78 Å². The van der Waals surface area contributed by atoms with Gasteiger partial charge in [-0.25, -0.2) is 4.85 Å². The predicted molar refractivity (Wildman–Crippen MR) is 106 cm³/mol. The molecule has 2 aromatic rings. The number of carbonyl (C=O) groups excluding carboxylic acids is 1. The second kappa shape index (κ2) is 8.52. The summed E-state index contributed by atoms with van der Waals surface area (Å²) in [6.07, 6.45) is 1.68. The minimum atomic E-state index is 0.146. The molecule has 2 rings (SSSR count). The van der Waals surface area contributed by atoms with Crippen LogP contribution < -0.4 is 0 Å². The van der Waals surface area contributed by atoms with Crippen molar-refractivity contribution in [3.63, 3.8) is 0 Å². The van der Waals surface area contributed by atoms with E-state index < -0.39 is 0 Å². The second-order valence-corrected chi connectivity index (χ2v) is 7.37. The van der Waals surface area contributed by atoms with Gasteiger partial charge in [-0.15, -0.1) is 0 Å². The fourth-order valence-corrected chi connectivity index (χ4v) is 3.54. The number of rotatable bonds is 6. The van der Waals surface area contributed by atoms with Crippen LogP contribution in [0, 0.1) is 12.5 Å². The molecule has 0 amide bonds. The molecule has 0 aliphatic rings. The molecule has 0 saturated carbocycles. The molecule has 0 aliphatic carbocycles. The Balaban J connectivity index is 2.45. The monoisotopic (exact) mass is 373 g/mol. The topological polar surface area (TPSA) is 21.4 Å². The number of nitrogens with zero attached hydrogens (tertiary/aromatic N) is 1. The number of benzene rings is 2. The maximum atomic E-state index is 11.6. The highest BCUT2D eigenvalue weighted by Gasteiger charge is 2.14. The summed E-state index contributed by atoms with van der Waals surface area (Å²) in [5, 5.41) is 0.998. The minimum absolute atomic E-state index is 0.146. The standard InChI is InChI=1S/C21H21Cl2NO/c1-5-17(25)9-14-10-18(22)21(19(23)11-14)16-7-6-15(8-13(2)3)20(12-16)24-4/h6-7,10-13H,5,8-9H2,1-3H3. The number of hydrogen-bond donors (Lipinski definition) is 0. The summed E-state index contributed by atoms with van der Waals surface area (Å²) in [7, 11) is 0. The van der Waals surface area contributed by atoms with Gasteiger partial charge in [0.2, 0.25) is 0 Å². The summed E-state index contributed by atoms with van der Waals surface area (Å²) in [5.74, 6) is 0.627. The molecule has 2 nitrogen and oxygen atoms in total. The normalized spacial score (nSPS) is 10.8. The Bertz CT molecular complexity index is 811. The van der Waals surface area contributed by atoms with Crippen LogP contribution >= 0.6 is 23.2 Å². The van der Waals surface area contributed by atoms with Gasteiger partial charge in [-0.2, -0.15) is 0 Å². The highest BCUT2D eigenvalue weighted by atomic mass is 35.5. The smallest absolute Gasteiger partial charge is 0.191 e. The summed E-state index contributed by atoms with van der Waals surface area (Å²) in [6.45, 7) is 13.5. The molecule has 0 unspecified atom stereocenters. The molecule has 0 saturated heterocycles. The van der Waals surface area contributed by atoms with Gasteiger partial charge >= 0.3 is 0 Å². The Kier molecular flexibility index (Phi) is 6.64. The predicted octanol–water partition coefficient (Wildman–Crippen LogP) is 6.93. The van der Waals surface area contributed by atoms with Crippen LogP contribution in [0.4, 0.5) is 5.69 Å². The first-order valence-electron chi connectivity index (χ1n) is 8.36. The van der Waals surface area contributed by atoms with E-state index in [1.54, 1.807) is 12.1 Å². The van der Waals surface area contributed by atoms with E-state index in [9.17, 15) is 4.79 Å². The molecule has 2 aromatic carbocycles. The second-order valence-electron chi connectivity index (χ2n) is 6.56. The number of Topliss-reactive ketones (excluding diaryl/α,β-unsaturated/α-hetero) is 1. The molecule has 25 heavy (non-hydrogen) atoms. The van der Waals surface area contributed by atoms with Crippen molar-refractivity contribution in [2.24, 2.45) is 5.92 Å². The minimum Gasteiger partial charge on any atom is -0.299 e. The van der Waals surface area contributed by atoms with E-state index in [0.717, 1.165) is 23.1 Å². The molecule has 0 N–H and O–H groups in total. The lowest BCUT2D eigenvalue weighted by Gasteiger charge is -2.13. The van der Waals surface area contributed by atoms with Crippen molar-refractivity contribution in [2.75, 3.05) is 0 Å². The van der Waals surface area contributed by atoms with Crippen LogP contribution in [-0.4, -0.2) is 5.78 Å². The van der Waals surface area contributed by atoms with Gasteiger partial charge in [0.25, 0.3) is 0 Å². The molecule has 0 aliphatic heterocycles. The number of carbonyl (C=O) groups is 1. The highest BCUT2D eigenvalue weighted by molar-refractivity contribution is 6.39. The fourth-order valence-electron chi connectivity index (χ4n) is 2.79. The third-order valence-corrected chi connectivity index (χ3v) is 4.62. The van der Waals surface area contributed by atoms with E-state index in [0.29, 0.717) is 40.1 Å². The number of halogens is 2. The SMILES string of the molecule is [C-]#[N+]c1cc(-c2c(Cl)cc(CC(=O)CC)cc2Cl)ccc1CC(C)C. The average molecular weight is 374 g/mol. The van der Waals surface area contributed by atoms with E-state index in [4.69, 9.17) is 29.8 Å². The molecule has 0 bridgehead atoms. The number of ketones is 1. The zero-order valence-electron chi connectivity index (χ0n) is 14.7. The summed E-state index contributed by atoms with van der Waals surface area (Å²) in [6, 6.07) is 9.35. The summed E-state index contributed by atoms with van der Waals surface area (Å²) in [4.78, 5) is 15.3. The lowest BCUT2D eigenvalue weighted by Crippen LogP contribution is -2.00. The van der Waals surface area contributed by atoms with E-state index in [2.05, 4.69) is 18.7 Å². The molecule has 130 valence electrons. The van der Waals surface area contributed by atoms with Crippen molar-refractivity contribution in [3.05, 3.63) is 62.9 Å². The molecule has 4 heteroatoms. The fraction of sp³-hybridized carbons (Fsp3) is 0.333. The Morgan fingerprint density at radius 3 is 2.32 bits per heavy atom. The zero-order chi connectivity index (χ0) is 18.6. The molecule has 0 radical (unpaired) electrons. The van der Waals surface area contributed by atoms with Gasteiger partial charge in [-0.05, 0) is 47.2 Å². The zero-order valence-corrected chi connectivity index (χ0v) is 16.2.